The molecule has 11 nitrogen and oxygen atoms in total. The van der Waals surface area contributed by atoms with Gasteiger partial charge in [0.05, 0.1) is 18.8 Å². The Morgan fingerprint density at radius 3 is 2.79 bits per heavy atom. The van der Waals surface area contributed by atoms with Gasteiger partial charge >= 0.3 is 0 Å². The maximum atomic E-state index is 12.3. The molecule has 0 aromatic carbocycles. The van der Waals surface area contributed by atoms with E-state index in [1.54, 1.807) is 17.1 Å². The lowest BCUT2D eigenvalue weighted by Crippen LogP contribution is -2.40. The largest absolute Gasteiger partial charge is 0.350 e. The molecule has 34 heavy (non-hydrogen) atoms. The number of nitrogens with zero attached hydrogens (tertiary/aromatic N) is 5. The van der Waals surface area contributed by atoms with Gasteiger partial charge in [-0.05, 0) is 50.2 Å². The van der Waals surface area contributed by atoms with E-state index in [4.69, 9.17) is 0 Å². The van der Waals surface area contributed by atoms with Crippen LogP contribution in [0.2, 0.25) is 0 Å². The molecule has 2 aromatic rings. The van der Waals surface area contributed by atoms with Gasteiger partial charge in [0.1, 0.15) is 5.82 Å². The summed E-state index contributed by atoms with van der Waals surface area (Å²) in [5, 5.41) is 15.8. The first kappa shape index (κ1) is 23.7. The van der Waals surface area contributed by atoms with E-state index >= 15 is 0 Å². The third-order valence-electron chi connectivity index (χ3n) is 6.06. The maximum Gasteiger partial charge on any atom is 0.273 e. The Kier molecular flexibility index (Phi) is 8.08. The normalized spacial score (nSPS) is 15.8. The molecule has 1 saturated carbocycles. The quantitative estimate of drug-likeness (QED) is 0.363. The van der Waals surface area contributed by atoms with Crippen molar-refractivity contribution in [2.75, 3.05) is 13.1 Å². The highest BCUT2D eigenvalue weighted by molar-refractivity contribution is 5.91. The first-order valence-corrected chi connectivity index (χ1v) is 11.9. The smallest absolute Gasteiger partial charge is 0.273 e. The van der Waals surface area contributed by atoms with Gasteiger partial charge in [-0.2, -0.15) is 0 Å². The van der Waals surface area contributed by atoms with Crippen LogP contribution < -0.4 is 21.6 Å². The Bertz CT molecular complexity index is 996. The molecule has 0 unspecified atom stereocenters. The minimum absolute atomic E-state index is 0.109. The number of hydrogen-bond donors (Lipinski definition) is 4. The van der Waals surface area contributed by atoms with Crippen LogP contribution in [0.3, 0.4) is 0 Å². The predicted molar refractivity (Wildman–Crippen MR) is 125 cm³/mol. The molecule has 1 aliphatic carbocycles. The molecule has 0 atom stereocenters. The van der Waals surface area contributed by atoms with E-state index in [-0.39, 0.29) is 18.2 Å². The highest BCUT2D eigenvalue weighted by Gasteiger charge is 2.18. The molecule has 3 heterocycles. The van der Waals surface area contributed by atoms with Crippen LogP contribution in [0.5, 0.6) is 0 Å². The first-order valence-electron chi connectivity index (χ1n) is 11.9. The number of amides is 2. The lowest BCUT2D eigenvalue weighted by atomic mass is 10.1. The van der Waals surface area contributed by atoms with Crippen molar-refractivity contribution in [3.8, 4) is 0 Å². The van der Waals surface area contributed by atoms with Crippen LogP contribution in [0.15, 0.2) is 36.5 Å². The summed E-state index contributed by atoms with van der Waals surface area (Å²) in [5.74, 6) is 0.946. The van der Waals surface area contributed by atoms with E-state index in [0.717, 1.165) is 37.2 Å². The summed E-state index contributed by atoms with van der Waals surface area (Å²) in [7, 11) is 0. The standard InChI is InChI=1S/C23H33N9O2/c1-17-8-9-19(14-24-17)12-22(33)26-21-16-32(30-28-21)11-5-4-10-31-15-20(27-29-31)23(34)25-13-18-6-2-3-7-18/h8-9,14-16,18,28,30H,2-7,10-13H2,1H3,(H,25,34)(H,26,33). The number of unbranched alkanes of at least 4 members (excludes halogenated alkanes) is 1. The number of carbonyl (C=O) groups is 2. The molecule has 182 valence electrons. The van der Waals surface area contributed by atoms with E-state index in [1.807, 2.05) is 30.3 Å². The molecule has 2 aromatic heterocycles. The van der Waals surface area contributed by atoms with Crippen molar-refractivity contribution in [1.29, 1.82) is 0 Å². The molecule has 2 amide bonds. The van der Waals surface area contributed by atoms with Crippen molar-refractivity contribution in [2.24, 2.45) is 5.92 Å². The van der Waals surface area contributed by atoms with Crippen molar-refractivity contribution in [2.45, 2.75) is 58.4 Å². The fourth-order valence-corrected chi connectivity index (χ4v) is 4.13. The van der Waals surface area contributed by atoms with E-state index in [1.165, 1.54) is 25.7 Å². The van der Waals surface area contributed by atoms with Crippen LogP contribution in [-0.2, 0) is 17.8 Å². The first-order chi connectivity index (χ1) is 16.5. The zero-order valence-corrected chi connectivity index (χ0v) is 19.6. The summed E-state index contributed by atoms with van der Waals surface area (Å²) in [5.41, 5.74) is 8.13. The van der Waals surface area contributed by atoms with Crippen LogP contribution >= 0.6 is 0 Å². The Morgan fingerprint density at radius 1 is 1.18 bits per heavy atom. The summed E-state index contributed by atoms with van der Waals surface area (Å²) in [6.45, 7) is 4.07. The van der Waals surface area contributed by atoms with Gasteiger partial charge in [-0.3, -0.25) is 29.7 Å². The summed E-state index contributed by atoms with van der Waals surface area (Å²) < 4.78 is 1.71. The zero-order chi connectivity index (χ0) is 23.8. The van der Waals surface area contributed by atoms with Crippen molar-refractivity contribution in [3.05, 3.63) is 53.5 Å². The molecular formula is C23H33N9O2. The third-order valence-corrected chi connectivity index (χ3v) is 6.06. The topological polar surface area (TPSA) is 129 Å². The minimum Gasteiger partial charge on any atom is -0.350 e. The Balaban J connectivity index is 1.12. The van der Waals surface area contributed by atoms with Crippen molar-refractivity contribution in [3.63, 3.8) is 0 Å². The lowest BCUT2D eigenvalue weighted by molar-refractivity contribution is -0.119. The van der Waals surface area contributed by atoms with Crippen LogP contribution in [0.1, 0.15) is 60.3 Å². The summed E-state index contributed by atoms with van der Waals surface area (Å²) in [6.07, 6.45) is 12.2. The van der Waals surface area contributed by atoms with Gasteiger partial charge in [0.2, 0.25) is 5.91 Å². The van der Waals surface area contributed by atoms with Gasteiger partial charge in [-0.25, -0.2) is 0 Å². The molecule has 1 aliphatic heterocycles. The number of aromatic nitrogens is 4. The van der Waals surface area contributed by atoms with Gasteiger partial charge in [0.15, 0.2) is 5.69 Å². The van der Waals surface area contributed by atoms with Gasteiger partial charge < -0.3 is 10.6 Å². The number of carbonyl (C=O) groups excluding carboxylic acids is 2. The molecule has 0 saturated heterocycles. The van der Waals surface area contributed by atoms with Gasteiger partial charge in [0.25, 0.3) is 5.91 Å². The van der Waals surface area contributed by atoms with Crippen LogP contribution in [-0.4, -0.2) is 49.9 Å². The van der Waals surface area contributed by atoms with Crippen LogP contribution in [0.4, 0.5) is 0 Å². The number of aryl methyl sites for hydroxylation is 2. The van der Waals surface area contributed by atoms with E-state index in [0.29, 0.717) is 24.0 Å². The van der Waals surface area contributed by atoms with Crippen LogP contribution in [0, 0.1) is 12.8 Å². The Hall–Kier alpha value is -3.47. The lowest BCUT2D eigenvalue weighted by Gasteiger charge is -2.14. The number of hydrazine groups is 2. The molecule has 0 radical (unpaired) electrons. The van der Waals surface area contributed by atoms with Crippen LogP contribution in [0.25, 0.3) is 0 Å². The SMILES string of the molecule is Cc1ccc(CC(=O)NC2=CN(CCCCn3cc(C(=O)NCC4CCCC4)nn3)NN2)cn1. The second kappa shape index (κ2) is 11.6. The van der Waals surface area contributed by atoms with Crippen molar-refractivity contribution >= 4 is 11.8 Å². The Labute approximate surface area is 199 Å². The average Bonchev–Trinajstić information content (AvgIpc) is 3.59. The highest BCUT2D eigenvalue weighted by atomic mass is 16.2. The highest BCUT2D eigenvalue weighted by Crippen LogP contribution is 2.23. The second-order valence-electron chi connectivity index (χ2n) is 8.94. The number of hydrogen-bond acceptors (Lipinski definition) is 8. The molecular weight excluding hydrogens is 434 g/mol. The van der Waals surface area contributed by atoms with E-state index in [2.05, 4.69) is 36.9 Å². The molecule has 0 bridgehead atoms. The zero-order valence-electron chi connectivity index (χ0n) is 19.6. The third kappa shape index (κ3) is 7.01. The number of rotatable bonds is 11. The Morgan fingerprint density at radius 2 is 2.00 bits per heavy atom. The fourth-order valence-electron chi connectivity index (χ4n) is 4.13. The molecule has 11 heteroatoms. The van der Waals surface area contributed by atoms with Gasteiger partial charge in [-0.1, -0.05) is 24.1 Å². The summed E-state index contributed by atoms with van der Waals surface area (Å²) in [6, 6.07) is 3.80. The average molecular weight is 468 g/mol. The fraction of sp³-hybridized carbons (Fsp3) is 0.522. The molecule has 4 rings (SSSR count). The molecule has 2 aliphatic rings. The molecule has 1 fully saturated rings. The van der Waals surface area contributed by atoms with Crippen molar-refractivity contribution < 1.29 is 9.59 Å². The van der Waals surface area contributed by atoms with E-state index in [9.17, 15) is 9.59 Å². The van der Waals surface area contributed by atoms with Crippen molar-refractivity contribution in [1.82, 2.24) is 46.6 Å². The molecule has 0 spiro atoms. The predicted octanol–water partition coefficient (Wildman–Crippen LogP) is 1.16. The van der Waals surface area contributed by atoms with Gasteiger partial charge in [-0.15, -0.1) is 10.6 Å². The van der Waals surface area contributed by atoms with Gasteiger partial charge in [0, 0.05) is 31.5 Å². The molecule has 4 N–H and O–H groups in total. The summed E-state index contributed by atoms with van der Waals surface area (Å²) in [4.78, 5) is 28.7. The maximum absolute atomic E-state index is 12.3. The minimum atomic E-state index is -0.149. The monoisotopic (exact) mass is 467 g/mol. The summed E-state index contributed by atoms with van der Waals surface area (Å²) >= 11 is 0. The second-order valence-corrected chi connectivity index (χ2v) is 8.94. The number of nitrogens with one attached hydrogen (secondary N) is 4. The number of pyridine rings is 1. The van der Waals surface area contributed by atoms with E-state index < -0.39 is 0 Å².